The topological polar surface area (TPSA) is 60.2 Å². The van der Waals surface area contributed by atoms with E-state index >= 15 is 0 Å². The van der Waals surface area contributed by atoms with Crippen molar-refractivity contribution < 1.29 is 14.1 Å². The fourth-order valence-electron chi connectivity index (χ4n) is 1.07. The van der Waals surface area contributed by atoms with E-state index in [0.717, 1.165) is 6.07 Å². The lowest BCUT2D eigenvalue weighted by molar-refractivity contribution is -0.387. The van der Waals surface area contributed by atoms with Gasteiger partial charge < -0.3 is 0 Å². The van der Waals surface area contributed by atoms with E-state index in [9.17, 15) is 19.3 Å². The van der Waals surface area contributed by atoms with Gasteiger partial charge in [0.15, 0.2) is 0 Å². The first-order valence-electron chi connectivity index (χ1n) is 3.58. The minimum Gasteiger partial charge on any atom is -0.275 e. The van der Waals surface area contributed by atoms with Gasteiger partial charge in [-0.15, -0.1) is 0 Å². The Hall–Kier alpha value is -1.49. The Morgan fingerprint density at radius 3 is 2.57 bits per heavy atom. The number of benzene rings is 1. The van der Waals surface area contributed by atoms with Crippen molar-refractivity contribution in [2.75, 3.05) is 0 Å². The van der Waals surface area contributed by atoms with Gasteiger partial charge in [0.25, 0.3) is 5.24 Å². The van der Waals surface area contributed by atoms with Crippen LogP contribution in [0.4, 0.5) is 10.1 Å². The first-order valence-corrected chi connectivity index (χ1v) is 3.95. The zero-order chi connectivity index (χ0) is 10.9. The van der Waals surface area contributed by atoms with Crippen molar-refractivity contribution in [3.05, 3.63) is 39.2 Å². The van der Waals surface area contributed by atoms with Crippen LogP contribution in [0.15, 0.2) is 12.1 Å². The van der Waals surface area contributed by atoms with Gasteiger partial charge in [0.1, 0.15) is 5.56 Å². The number of aryl methyl sites for hydroxylation is 1. The molecule has 0 spiro atoms. The largest absolute Gasteiger partial charge is 0.316 e. The molecule has 0 radical (unpaired) electrons. The molecule has 0 fully saturated rings. The first-order chi connectivity index (χ1) is 6.43. The Morgan fingerprint density at radius 1 is 1.57 bits per heavy atom. The SMILES string of the molecule is Cc1cc(F)c([N+](=O)[O-])c(C(=O)Cl)c1. The highest BCUT2D eigenvalue weighted by Gasteiger charge is 2.24. The van der Waals surface area contributed by atoms with Crippen LogP contribution in [-0.4, -0.2) is 10.2 Å². The van der Waals surface area contributed by atoms with Crippen molar-refractivity contribution in [2.45, 2.75) is 6.92 Å². The number of nitro groups is 1. The molecule has 0 aliphatic heterocycles. The van der Waals surface area contributed by atoms with Crippen molar-refractivity contribution in [3.63, 3.8) is 0 Å². The average Bonchev–Trinajstić information content (AvgIpc) is 2.01. The Morgan fingerprint density at radius 2 is 2.14 bits per heavy atom. The average molecular weight is 218 g/mol. The van der Waals surface area contributed by atoms with Crippen molar-refractivity contribution in [2.24, 2.45) is 0 Å². The van der Waals surface area contributed by atoms with Gasteiger partial charge in [0, 0.05) is 0 Å². The van der Waals surface area contributed by atoms with Gasteiger partial charge in [-0.25, -0.2) is 0 Å². The Labute approximate surface area is 83.4 Å². The van der Waals surface area contributed by atoms with Gasteiger partial charge in [0.05, 0.1) is 4.92 Å². The van der Waals surface area contributed by atoms with Gasteiger partial charge in [-0.3, -0.25) is 14.9 Å². The quantitative estimate of drug-likeness (QED) is 0.434. The molecule has 6 heteroatoms. The molecule has 14 heavy (non-hydrogen) atoms. The van der Waals surface area contributed by atoms with E-state index in [1.807, 2.05) is 0 Å². The molecule has 0 bridgehead atoms. The lowest BCUT2D eigenvalue weighted by Crippen LogP contribution is -2.02. The summed E-state index contributed by atoms with van der Waals surface area (Å²) in [5.74, 6) is -1.06. The summed E-state index contributed by atoms with van der Waals surface area (Å²) in [4.78, 5) is 20.2. The summed E-state index contributed by atoms with van der Waals surface area (Å²) in [6, 6.07) is 2.15. The second kappa shape index (κ2) is 3.71. The highest BCUT2D eigenvalue weighted by molar-refractivity contribution is 6.68. The molecule has 0 saturated carbocycles. The normalized spacial score (nSPS) is 9.93. The lowest BCUT2D eigenvalue weighted by Gasteiger charge is -2.00. The first kappa shape index (κ1) is 10.6. The monoisotopic (exact) mass is 217 g/mol. The second-order valence-electron chi connectivity index (χ2n) is 2.67. The van der Waals surface area contributed by atoms with Crippen LogP contribution in [0, 0.1) is 22.9 Å². The second-order valence-corrected chi connectivity index (χ2v) is 3.02. The molecule has 0 saturated heterocycles. The van der Waals surface area contributed by atoms with Crippen LogP contribution in [0.1, 0.15) is 15.9 Å². The van der Waals surface area contributed by atoms with Gasteiger partial charge in [-0.05, 0) is 36.2 Å². The van der Waals surface area contributed by atoms with Crippen LogP contribution in [0.2, 0.25) is 0 Å². The molecule has 0 aromatic heterocycles. The smallest absolute Gasteiger partial charge is 0.275 e. The summed E-state index contributed by atoms with van der Waals surface area (Å²) in [5, 5.41) is 9.37. The Bertz CT molecular complexity index is 419. The predicted molar refractivity (Wildman–Crippen MR) is 48.0 cm³/mol. The zero-order valence-corrected chi connectivity index (χ0v) is 7.84. The molecule has 0 aliphatic carbocycles. The maximum absolute atomic E-state index is 13.1. The number of hydrogen-bond donors (Lipinski definition) is 0. The minimum absolute atomic E-state index is 0.400. The predicted octanol–water partition coefficient (Wildman–Crippen LogP) is 2.42. The maximum Gasteiger partial charge on any atom is 0.316 e. The molecule has 4 nitrogen and oxygen atoms in total. The zero-order valence-electron chi connectivity index (χ0n) is 7.08. The lowest BCUT2D eigenvalue weighted by atomic mass is 10.1. The van der Waals surface area contributed by atoms with Crippen LogP contribution in [0.25, 0.3) is 0 Å². The van der Waals surface area contributed by atoms with Gasteiger partial charge in [0.2, 0.25) is 5.82 Å². The summed E-state index contributed by atoms with van der Waals surface area (Å²) >= 11 is 5.09. The number of halogens is 2. The van der Waals surface area contributed by atoms with Crippen molar-refractivity contribution in [3.8, 4) is 0 Å². The van der Waals surface area contributed by atoms with E-state index in [1.165, 1.54) is 13.0 Å². The third-order valence-corrected chi connectivity index (χ3v) is 1.81. The third kappa shape index (κ3) is 1.88. The van der Waals surface area contributed by atoms with E-state index in [-0.39, 0.29) is 0 Å². The maximum atomic E-state index is 13.1. The molecule has 1 aromatic carbocycles. The third-order valence-electron chi connectivity index (χ3n) is 1.60. The number of nitrogens with zero attached hydrogens (tertiary/aromatic N) is 1. The molecular formula is C8H5ClFNO3. The van der Waals surface area contributed by atoms with E-state index in [0.29, 0.717) is 5.56 Å². The molecule has 0 unspecified atom stereocenters. The van der Waals surface area contributed by atoms with Crippen LogP contribution in [0.3, 0.4) is 0 Å². The molecule has 0 amide bonds. The fourth-order valence-corrected chi connectivity index (χ4v) is 1.21. The summed E-state index contributed by atoms with van der Waals surface area (Å²) < 4.78 is 13.1. The standard InChI is InChI=1S/C8H5ClFNO3/c1-4-2-5(8(9)12)7(11(13)14)6(10)3-4/h2-3H,1H3. The number of hydrogen-bond acceptors (Lipinski definition) is 3. The Kier molecular flexibility index (Phi) is 2.81. The van der Waals surface area contributed by atoms with Crippen molar-refractivity contribution in [1.82, 2.24) is 0 Å². The van der Waals surface area contributed by atoms with Crippen LogP contribution in [0.5, 0.6) is 0 Å². The van der Waals surface area contributed by atoms with Crippen molar-refractivity contribution >= 4 is 22.5 Å². The summed E-state index contributed by atoms with van der Waals surface area (Å²) in [7, 11) is 0. The van der Waals surface area contributed by atoms with Gasteiger partial charge >= 0.3 is 5.69 Å². The molecule has 74 valence electrons. The van der Waals surface area contributed by atoms with Crippen LogP contribution >= 0.6 is 11.6 Å². The van der Waals surface area contributed by atoms with E-state index in [1.54, 1.807) is 0 Å². The summed E-state index contributed by atoms with van der Waals surface area (Å²) in [6.45, 7) is 1.51. The highest BCUT2D eigenvalue weighted by Crippen LogP contribution is 2.25. The van der Waals surface area contributed by atoms with E-state index < -0.39 is 27.2 Å². The Balaban J connectivity index is 3.52. The summed E-state index contributed by atoms with van der Waals surface area (Å²) in [5.41, 5.74) is -0.901. The van der Waals surface area contributed by atoms with Crippen molar-refractivity contribution in [1.29, 1.82) is 0 Å². The minimum atomic E-state index is -1.06. The number of rotatable bonds is 2. The number of carbonyl (C=O) groups is 1. The molecule has 1 rings (SSSR count). The number of carbonyl (C=O) groups excluding carboxylic acids is 1. The summed E-state index contributed by atoms with van der Waals surface area (Å²) in [6.07, 6.45) is 0. The molecule has 0 atom stereocenters. The highest BCUT2D eigenvalue weighted by atomic mass is 35.5. The van der Waals surface area contributed by atoms with Crippen LogP contribution < -0.4 is 0 Å². The van der Waals surface area contributed by atoms with Gasteiger partial charge in [-0.2, -0.15) is 4.39 Å². The molecular weight excluding hydrogens is 213 g/mol. The molecule has 0 N–H and O–H groups in total. The molecule has 0 aliphatic rings. The fraction of sp³-hybridized carbons (Fsp3) is 0.125. The molecule has 0 heterocycles. The molecule has 1 aromatic rings. The van der Waals surface area contributed by atoms with E-state index in [2.05, 4.69) is 0 Å². The van der Waals surface area contributed by atoms with Gasteiger partial charge in [-0.1, -0.05) is 0 Å². The van der Waals surface area contributed by atoms with E-state index in [4.69, 9.17) is 11.6 Å². The van der Waals surface area contributed by atoms with Crippen LogP contribution in [-0.2, 0) is 0 Å². The number of nitro benzene ring substituents is 1.